The van der Waals surface area contributed by atoms with E-state index in [0.717, 1.165) is 12.0 Å². The summed E-state index contributed by atoms with van der Waals surface area (Å²) in [6.07, 6.45) is 0.894. The lowest BCUT2D eigenvalue weighted by atomic mass is 10.1. The maximum atomic E-state index is 13.4. The van der Waals surface area contributed by atoms with Crippen molar-refractivity contribution in [3.8, 4) is 5.75 Å². The van der Waals surface area contributed by atoms with Crippen LogP contribution in [0, 0.1) is 11.6 Å². The van der Waals surface area contributed by atoms with Crippen LogP contribution in [0.5, 0.6) is 5.75 Å². The second-order valence-electron chi connectivity index (χ2n) is 3.99. The first-order chi connectivity index (χ1) is 8.70. The van der Waals surface area contributed by atoms with Crippen molar-refractivity contribution in [2.45, 2.75) is 20.0 Å². The van der Waals surface area contributed by atoms with Crippen molar-refractivity contribution in [3.63, 3.8) is 0 Å². The second kappa shape index (κ2) is 5.63. The van der Waals surface area contributed by atoms with E-state index < -0.39 is 11.6 Å². The molecule has 0 N–H and O–H groups in total. The lowest BCUT2D eigenvalue weighted by molar-refractivity contribution is 0.292. The van der Waals surface area contributed by atoms with Crippen LogP contribution in [0.15, 0.2) is 42.5 Å². The molecule has 0 amide bonds. The molecule has 0 unspecified atom stereocenters. The van der Waals surface area contributed by atoms with Crippen molar-refractivity contribution >= 4 is 0 Å². The molecule has 3 heteroatoms. The summed E-state index contributed by atoms with van der Waals surface area (Å²) in [4.78, 5) is 0. The molecule has 2 rings (SSSR count). The molecule has 0 aliphatic heterocycles. The predicted molar refractivity (Wildman–Crippen MR) is 66.5 cm³/mol. The van der Waals surface area contributed by atoms with Gasteiger partial charge in [0.15, 0.2) is 0 Å². The lowest BCUT2D eigenvalue weighted by Crippen LogP contribution is -2.01. The first kappa shape index (κ1) is 12.6. The summed E-state index contributed by atoms with van der Waals surface area (Å²) >= 11 is 0. The van der Waals surface area contributed by atoms with Gasteiger partial charge in [0.2, 0.25) is 0 Å². The minimum atomic E-state index is -0.582. The normalized spacial score (nSPS) is 10.4. The predicted octanol–water partition coefficient (Wildman–Crippen LogP) is 4.11. The Bertz CT molecular complexity index is 518. The number of halogens is 2. The van der Waals surface area contributed by atoms with E-state index in [1.54, 1.807) is 6.07 Å². The maximum absolute atomic E-state index is 13.4. The van der Waals surface area contributed by atoms with E-state index >= 15 is 0 Å². The maximum Gasteiger partial charge on any atom is 0.132 e. The van der Waals surface area contributed by atoms with Gasteiger partial charge in [-0.3, -0.25) is 0 Å². The molecule has 1 nitrogen and oxygen atoms in total. The van der Waals surface area contributed by atoms with Gasteiger partial charge < -0.3 is 4.74 Å². The highest BCUT2D eigenvalue weighted by Gasteiger charge is 2.08. The third kappa shape index (κ3) is 2.86. The van der Waals surface area contributed by atoms with Crippen LogP contribution in [0.2, 0.25) is 0 Å². The Balaban J connectivity index is 2.11. The zero-order chi connectivity index (χ0) is 13.0. The quantitative estimate of drug-likeness (QED) is 0.791. The summed E-state index contributed by atoms with van der Waals surface area (Å²) < 4.78 is 32.2. The zero-order valence-corrected chi connectivity index (χ0v) is 10.1. The van der Waals surface area contributed by atoms with E-state index in [0.29, 0.717) is 5.75 Å². The van der Waals surface area contributed by atoms with Gasteiger partial charge >= 0.3 is 0 Å². The molecule has 0 fully saturated rings. The van der Waals surface area contributed by atoms with E-state index in [9.17, 15) is 8.78 Å². The summed E-state index contributed by atoms with van der Waals surface area (Å²) in [6.45, 7) is 1.93. The first-order valence-corrected chi connectivity index (χ1v) is 5.85. The second-order valence-corrected chi connectivity index (χ2v) is 3.99. The average Bonchev–Trinajstić information content (AvgIpc) is 2.38. The fourth-order valence-corrected chi connectivity index (χ4v) is 1.68. The number of ether oxygens (including phenoxy) is 1. The van der Waals surface area contributed by atoms with Crippen LogP contribution in [0.4, 0.5) is 8.78 Å². The molecular weight excluding hydrogens is 234 g/mol. The standard InChI is InChI=1S/C15H14F2O/c1-2-11-5-3-6-12(9-11)18-10-13-14(16)7-4-8-15(13)17/h3-9H,2,10H2,1H3. The Hall–Kier alpha value is -1.90. The van der Waals surface area contributed by atoms with Gasteiger partial charge in [-0.05, 0) is 36.2 Å². The summed E-state index contributed by atoms with van der Waals surface area (Å²) in [5.74, 6) is -0.541. The highest BCUT2D eigenvalue weighted by Crippen LogP contribution is 2.18. The van der Waals surface area contributed by atoms with Crippen molar-refractivity contribution in [2.75, 3.05) is 0 Å². The van der Waals surface area contributed by atoms with Crippen molar-refractivity contribution < 1.29 is 13.5 Å². The van der Waals surface area contributed by atoms with Gasteiger partial charge in [-0.25, -0.2) is 8.78 Å². The van der Waals surface area contributed by atoms with Gasteiger partial charge in [0.25, 0.3) is 0 Å². The molecule has 0 spiro atoms. The molecule has 0 radical (unpaired) electrons. The average molecular weight is 248 g/mol. The molecule has 0 saturated carbocycles. The number of benzene rings is 2. The summed E-state index contributed by atoms with van der Waals surface area (Å²) in [6, 6.07) is 11.3. The molecule has 2 aromatic carbocycles. The fourth-order valence-electron chi connectivity index (χ4n) is 1.68. The van der Waals surface area contributed by atoms with Crippen LogP contribution >= 0.6 is 0 Å². The van der Waals surface area contributed by atoms with Gasteiger partial charge in [0.1, 0.15) is 24.0 Å². The Morgan fingerprint density at radius 2 is 1.67 bits per heavy atom. The Kier molecular flexibility index (Phi) is 3.92. The largest absolute Gasteiger partial charge is 0.489 e. The van der Waals surface area contributed by atoms with E-state index in [1.807, 2.05) is 25.1 Å². The lowest BCUT2D eigenvalue weighted by Gasteiger charge is -2.09. The van der Waals surface area contributed by atoms with Crippen molar-refractivity contribution in [3.05, 3.63) is 65.2 Å². The van der Waals surface area contributed by atoms with Crippen LogP contribution in [-0.2, 0) is 13.0 Å². The molecule has 0 aromatic heterocycles. The minimum Gasteiger partial charge on any atom is -0.489 e. The molecule has 94 valence electrons. The fraction of sp³-hybridized carbons (Fsp3) is 0.200. The van der Waals surface area contributed by atoms with Gasteiger partial charge in [-0.1, -0.05) is 25.1 Å². The van der Waals surface area contributed by atoms with Crippen LogP contribution in [0.25, 0.3) is 0 Å². The first-order valence-electron chi connectivity index (χ1n) is 5.85. The van der Waals surface area contributed by atoms with Crippen LogP contribution in [-0.4, -0.2) is 0 Å². The van der Waals surface area contributed by atoms with Crippen molar-refractivity contribution in [1.29, 1.82) is 0 Å². The highest BCUT2D eigenvalue weighted by atomic mass is 19.1. The third-order valence-electron chi connectivity index (χ3n) is 2.75. The van der Waals surface area contributed by atoms with Crippen LogP contribution in [0.3, 0.4) is 0 Å². The Morgan fingerprint density at radius 1 is 1.00 bits per heavy atom. The number of hydrogen-bond donors (Lipinski definition) is 0. The molecular formula is C15H14F2O. The molecule has 0 atom stereocenters. The summed E-state index contributed by atoms with van der Waals surface area (Å²) in [5, 5.41) is 0. The van der Waals surface area contributed by atoms with Crippen LogP contribution in [0.1, 0.15) is 18.1 Å². The monoisotopic (exact) mass is 248 g/mol. The van der Waals surface area contributed by atoms with Crippen molar-refractivity contribution in [1.82, 2.24) is 0 Å². The van der Waals surface area contributed by atoms with Gasteiger partial charge in [0.05, 0.1) is 5.56 Å². The summed E-state index contributed by atoms with van der Waals surface area (Å²) in [7, 11) is 0. The van der Waals surface area contributed by atoms with E-state index in [4.69, 9.17) is 4.74 Å². The third-order valence-corrected chi connectivity index (χ3v) is 2.75. The smallest absolute Gasteiger partial charge is 0.132 e. The van der Waals surface area contributed by atoms with Gasteiger partial charge in [-0.15, -0.1) is 0 Å². The van der Waals surface area contributed by atoms with Crippen LogP contribution < -0.4 is 4.74 Å². The molecule has 0 aliphatic carbocycles. The number of hydrogen-bond acceptors (Lipinski definition) is 1. The Labute approximate surface area is 105 Å². The summed E-state index contributed by atoms with van der Waals surface area (Å²) in [5.41, 5.74) is 1.08. The minimum absolute atomic E-state index is 0.0422. The molecule has 0 saturated heterocycles. The van der Waals surface area contributed by atoms with E-state index in [1.165, 1.54) is 18.2 Å². The van der Waals surface area contributed by atoms with Gasteiger partial charge in [-0.2, -0.15) is 0 Å². The van der Waals surface area contributed by atoms with Gasteiger partial charge in [0, 0.05) is 0 Å². The van der Waals surface area contributed by atoms with Crippen molar-refractivity contribution in [2.24, 2.45) is 0 Å². The molecule has 0 heterocycles. The molecule has 18 heavy (non-hydrogen) atoms. The Morgan fingerprint density at radius 3 is 2.33 bits per heavy atom. The SMILES string of the molecule is CCc1cccc(OCc2c(F)cccc2F)c1. The highest BCUT2D eigenvalue weighted by molar-refractivity contribution is 5.29. The van der Waals surface area contributed by atoms with E-state index in [-0.39, 0.29) is 12.2 Å². The molecule has 0 aliphatic rings. The van der Waals surface area contributed by atoms with E-state index in [2.05, 4.69) is 0 Å². The number of rotatable bonds is 4. The topological polar surface area (TPSA) is 9.23 Å². The molecule has 0 bridgehead atoms. The molecule has 2 aromatic rings. The number of aryl methyl sites for hydroxylation is 1. The zero-order valence-electron chi connectivity index (χ0n) is 10.1.